The van der Waals surface area contributed by atoms with Crippen molar-refractivity contribution in [3.63, 3.8) is 0 Å². The number of carbonyl (C=O) groups is 1. The molecule has 3 heteroatoms. The molecule has 90 valence electrons. The molecule has 0 aromatic heterocycles. The highest BCUT2D eigenvalue weighted by atomic mass is 16.3. The smallest absolute Gasteiger partial charge is 0.248 e. The Labute approximate surface area is 105 Å². The van der Waals surface area contributed by atoms with E-state index in [0.29, 0.717) is 11.1 Å². The normalized spacial score (nSPS) is 11.8. The van der Waals surface area contributed by atoms with Gasteiger partial charge in [-0.15, -0.1) is 0 Å². The number of hydrogen-bond acceptors (Lipinski definition) is 2. The Morgan fingerprint density at radius 3 is 1.72 bits per heavy atom. The molecular formula is C15H12NO2-. The molecule has 2 aromatic carbocycles. The fourth-order valence-corrected chi connectivity index (χ4v) is 1.72. The van der Waals surface area contributed by atoms with Gasteiger partial charge in [0.1, 0.15) is 0 Å². The summed E-state index contributed by atoms with van der Waals surface area (Å²) in [5.74, 6) is -1.07. The maximum absolute atomic E-state index is 12.2. The van der Waals surface area contributed by atoms with Crippen LogP contribution in [-0.4, -0.2) is 5.91 Å². The van der Waals surface area contributed by atoms with Crippen LogP contribution >= 0.6 is 0 Å². The first-order valence-electron chi connectivity index (χ1n) is 5.52. The molecule has 0 atom stereocenters. The number of amides is 1. The largest absolute Gasteiger partial charge is 0.872 e. The summed E-state index contributed by atoms with van der Waals surface area (Å²) in [6.07, 6.45) is 0. The summed E-state index contributed by atoms with van der Waals surface area (Å²) in [5.41, 5.74) is 6.32. The van der Waals surface area contributed by atoms with Crippen LogP contribution in [0.3, 0.4) is 0 Å². The van der Waals surface area contributed by atoms with Crippen LogP contribution in [0.1, 0.15) is 11.1 Å². The van der Waals surface area contributed by atoms with Crippen LogP contribution in [0.15, 0.2) is 60.7 Å². The van der Waals surface area contributed by atoms with Crippen LogP contribution in [-0.2, 0) is 4.79 Å². The molecule has 0 radical (unpaired) electrons. The van der Waals surface area contributed by atoms with Gasteiger partial charge in [0.15, 0.2) is 0 Å². The van der Waals surface area contributed by atoms with E-state index < -0.39 is 5.91 Å². The molecule has 0 aliphatic carbocycles. The van der Waals surface area contributed by atoms with Crippen molar-refractivity contribution in [2.75, 3.05) is 0 Å². The molecule has 3 nitrogen and oxygen atoms in total. The van der Waals surface area contributed by atoms with Gasteiger partial charge in [-0.25, -0.2) is 0 Å². The summed E-state index contributed by atoms with van der Waals surface area (Å²) in [6, 6.07) is 17.4. The molecule has 0 fully saturated rings. The van der Waals surface area contributed by atoms with Gasteiger partial charge in [0.25, 0.3) is 0 Å². The lowest BCUT2D eigenvalue weighted by Gasteiger charge is -2.18. The molecule has 2 aromatic rings. The van der Waals surface area contributed by atoms with E-state index >= 15 is 0 Å². The quantitative estimate of drug-likeness (QED) is 0.499. The number of nitrogens with two attached hydrogens (primary N) is 1. The Bertz CT molecular complexity index is 574. The van der Waals surface area contributed by atoms with Gasteiger partial charge in [0.2, 0.25) is 5.91 Å². The van der Waals surface area contributed by atoms with E-state index in [1.165, 1.54) is 0 Å². The minimum Gasteiger partial charge on any atom is -0.872 e. The molecule has 1 amide bonds. The maximum Gasteiger partial charge on any atom is 0.248 e. The number of carbonyl (C=O) groups excluding carboxylic acids is 1. The first-order chi connectivity index (χ1) is 8.70. The molecule has 2 N–H and O–H groups in total. The molecule has 0 saturated heterocycles. The molecule has 2 rings (SSSR count). The van der Waals surface area contributed by atoms with Gasteiger partial charge in [-0.2, -0.15) is 0 Å². The predicted molar refractivity (Wildman–Crippen MR) is 68.9 cm³/mol. The maximum atomic E-state index is 12.2. The van der Waals surface area contributed by atoms with E-state index in [1.54, 1.807) is 48.5 Å². The van der Waals surface area contributed by atoms with Crippen LogP contribution in [0.5, 0.6) is 0 Å². The summed E-state index contributed by atoms with van der Waals surface area (Å²) in [6.45, 7) is 0. The molecule has 0 unspecified atom stereocenters. The van der Waals surface area contributed by atoms with E-state index in [1.807, 2.05) is 12.1 Å². The third-order valence-electron chi connectivity index (χ3n) is 2.57. The lowest BCUT2D eigenvalue weighted by Crippen LogP contribution is -2.18. The molecule has 0 saturated carbocycles. The average molecular weight is 238 g/mol. The second-order valence-electron chi connectivity index (χ2n) is 3.80. The molecule has 0 spiro atoms. The van der Waals surface area contributed by atoms with Gasteiger partial charge in [0, 0.05) is 5.57 Å². The van der Waals surface area contributed by atoms with Crippen LogP contribution in [0.25, 0.3) is 11.3 Å². The lowest BCUT2D eigenvalue weighted by molar-refractivity contribution is -0.242. The summed E-state index contributed by atoms with van der Waals surface area (Å²) >= 11 is 0. The highest BCUT2D eigenvalue weighted by Crippen LogP contribution is 2.21. The molecular weight excluding hydrogens is 226 g/mol. The lowest BCUT2D eigenvalue weighted by atomic mass is 10.0. The zero-order chi connectivity index (χ0) is 13.0. The Morgan fingerprint density at radius 2 is 1.28 bits per heavy atom. The second kappa shape index (κ2) is 5.19. The zero-order valence-electron chi connectivity index (χ0n) is 9.67. The molecule has 0 heterocycles. The summed E-state index contributed by atoms with van der Waals surface area (Å²) in [7, 11) is 0. The van der Waals surface area contributed by atoms with Crippen molar-refractivity contribution in [2.45, 2.75) is 0 Å². The van der Waals surface area contributed by atoms with E-state index in [2.05, 4.69) is 0 Å². The minimum atomic E-state index is -0.713. The first kappa shape index (κ1) is 11.9. The van der Waals surface area contributed by atoms with Crippen molar-refractivity contribution in [2.24, 2.45) is 5.73 Å². The topological polar surface area (TPSA) is 66.2 Å². The van der Waals surface area contributed by atoms with Gasteiger partial charge in [-0.3, -0.25) is 4.79 Å². The van der Waals surface area contributed by atoms with E-state index in [9.17, 15) is 9.90 Å². The van der Waals surface area contributed by atoms with E-state index in [0.717, 1.165) is 0 Å². The van der Waals surface area contributed by atoms with Crippen LogP contribution < -0.4 is 10.8 Å². The summed E-state index contributed by atoms with van der Waals surface area (Å²) in [4.78, 5) is 11.5. The van der Waals surface area contributed by atoms with Crippen molar-refractivity contribution >= 4 is 17.2 Å². The molecule has 18 heavy (non-hydrogen) atoms. The standard InChI is InChI=1S/C15H13NO2/c16-15(18)13(11-7-3-1-4-8-11)14(17)12-9-5-2-6-10-12/h1-10,17H,(H2,16,18)/p-1/b14-13-. The Morgan fingerprint density at radius 1 is 0.833 bits per heavy atom. The molecule has 0 aliphatic rings. The molecule has 0 bridgehead atoms. The Balaban J connectivity index is 2.58. The van der Waals surface area contributed by atoms with Crippen molar-refractivity contribution in [1.82, 2.24) is 0 Å². The number of rotatable bonds is 3. The highest BCUT2D eigenvalue weighted by Gasteiger charge is 2.09. The fourth-order valence-electron chi connectivity index (χ4n) is 1.72. The third-order valence-corrected chi connectivity index (χ3v) is 2.57. The molecule has 0 aliphatic heterocycles. The fraction of sp³-hybridized carbons (Fsp3) is 0. The monoisotopic (exact) mass is 238 g/mol. The number of hydrogen-bond donors (Lipinski definition) is 1. The first-order valence-corrected chi connectivity index (χ1v) is 5.52. The van der Waals surface area contributed by atoms with Gasteiger partial charge >= 0.3 is 0 Å². The van der Waals surface area contributed by atoms with Gasteiger partial charge < -0.3 is 10.8 Å². The Kier molecular flexibility index (Phi) is 3.44. The summed E-state index contributed by atoms with van der Waals surface area (Å²) in [5, 5.41) is 12.2. The van der Waals surface area contributed by atoms with Gasteiger partial charge in [0.05, 0.1) is 0 Å². The third kappa shape index (κ3) is 2.40. The average Bonchev–Trinajstić information content (AvgIpc) is 2.40. The van der Waals surface area contributed by atoms with Crippen molar-refractivity contribution in [3.8, 4) is 0 Å². The summed E-state index contributed by atoms with van der Waals surface area (Å²) < 4.78 is 0. The SMILES string of the molecule is NC(=O)/C(=C(\[O-])c1ccccc1)c1ccccc1. The van der Waals surface area contributed by atoms with Crippen LogP contribution in [0, 0.1) is 0 Å². The number of primary amides is 1. The van der Waals surface area contributed by atoms with E-state index in [4.69, 9.17) is 5.73 Å². The second-order valence-corrected chi connectivity index (χ2v) is 3.80. The minimum absolute atomic E-state index is 0.0156. The Hall–Kier alpha value is -2.55. The van der Waals surface area contributed by atoms with E-state index in [-0.39, 0.29) is 11.3 Å². The van der Waals surface area contributed by atoms with Crippen molar-refractivity contribution in [3.05, 3.63) is 71.8 Å². The predicted octanol–water partition coefficient (Wildman–Crippen LogP) is 1.40. The van der Waals surface area contributed by atoms with Gasteiger partial charge in [-0.1, -0.05) is 66.4 Å². The van der Waals surface area contributed by atoms with Crippen molar-refractivity contribution in [1.29, 1.82) is 0 Å². The van der Waals surface area contributed by atoms with Crippen LogP contribution in [0.2, 0.25) is 0 Å². The van der Waals surface area contributed by atoms with Gasteiger partial charge in [-0.05, 0) is 11.1 Å². The number of benzene rings is 2. The van der Waals surface area contributed by atoms with Crippen LogP contribution in [0.4, 0.5) is 0 Å². The van der Waals surface area contributed by atoms with Crippen molar-refractivity contribution < 1.29 is 9.90 Å². The highest BCUT2D eigenvalue weighted by molar-refractivity contribution is 6.24. The zero-order valence-corrected chi connectivity index (χ0v) is 9.67.